The molecule has 6 rings (SSSR count). The van der Waals surface area contributed by atoms with Gasteiger partial charge in [-0.1, -0.05) is 91.9 Å². The summed E-state index contributed by atoms with van der Waals surface area (Å²) in [4.78, 5) is 74.8. The maximum absolute atomic E-state index is 12.5. The molecule has 0 N–H and O–H groups in total. The molecule has 8 heteroatoms. The molecule has 0 amide bonds. The van der Waals surface area contributed by atoms with Crippen LogP contribution in [0.25, 0.3) is 22.3 Å². The number of carbonyl (C=O) groups is 6. The first-order valence-corrected chi connectivity index (χ1v) is 15.1. The molecule has 0 radical (unpaired) electrons. The third-order valence-electron chi connectivity index (χ3n) is 8.33. The van der Waals surface area contributed by atoms with E-state index in [0.29, 0.717) is 57.3 Å². The highest BCUT2D eigenvalue weighted by Crippen LogP contribution is 2.35. The standard InChI is InChI=1S/C38H30O8/c1-22(18-33(39)45-16-14-23-10-12-29-31(20-23)25-6-2-4-8-27(25)35(41)37(29)43)19-34(40)46-17-15-24-11-13-30-32(21-24)26-7-3-5-9-28(26)36(42)38(30)44/h2-13,20-22H,14-19H2,1H3. The Kier molecular flexibility index (Phi) is 8.53. The average Bonchev–Trinajstić information content (AvgIpc) is 3.06. The van der Waals surface area contributed by atoms with Crippen molar-refractivity contribution >= 4 is 35.1 Å². The van der Waals surface area contributed by atoms with Crippen molar-refractivity contribution in [2.45, 2.75) is 32.6 Å². The third-order valence-corrected chi connectivity index (χ3v) is 8.33. The maximum atomic E-state index is 12.5. The van der Waals surface area contributed by atoms with Gasteiger partial charge in [0.1, 0.15) is 0 Å². The zero-order chi connectivity index (χ0) is 32.4. The zero-order valence-corrected chi connectivity index (χ0v) is 25.2. The molecular formula is C38H30O8. The summed E-state index contributed by atoms with van der Waals surface area (Å²) in [5, 5.41) is 0. The minimum absolute atomic E-state index is 0.0558. The lowest BCUT2D eigenvalue weighted by atomic mass is 9.83. The summed E-state index contributed by atoms with van der Waals surface area (Å²) >= 11 is 0. The van der Waals surface area contributed by atoms with Crippen molar-refractivity contribution in [2.24, 2.45) is 5.92 Å². The van der Waals surface area contributed by atoms with Gasteiger partial charge in [0, 0.05) is 47.9 Å². The number of esters is 2. The quantitative estimate of drug-likeness (QED) is 0.156. The highest BCUT2D eigenvalue weighted by molar-refractivity contribution is 6.53. The molecule has 0 unspecified atom stereocenters. The van der Waals surface area contributed by atoms with Crippen molar-refractivity contribution < 1.29 is 38.2 Å². The fourth-order valence-electron chi connectivity index (χ4n) is 5.98. The molecule has 230 valence electrons. The molecule has 2 aliphatic rings. The van der Waals surface area contributed by atoms with Crippen LogP contribution in [0.5, 0.6) is 0 Å². The van der Waals surface area contributed by atoms with E-state index >= 15 is 0 Å². The first kappa shape index (κ1) is 30.5. The molecular weight excluding hydrogens is 584 g/mol. The van der Waals surface area contributed by atoms with Gasteiger partial charge in [0.05, 0.1) is 13.2 Å². The summed E-state index contributed by atoms with van der Waals surface area (Å²) < 4.78 is 10.8. The van der Waals surface area contributed by atoms with Gasteiger partial charge < -0.3 is 9.47 Å². The highest BCUT2D eigenvalue weighted by atomic mass is 16.5. The smallest absolute Gasteiger partial charge is 0.306 e. The van der Waals surface area contributed by atoms with Crippen LogP contribution in [-0.4, -0.2) is 48.3 Å². The largest absolute Gasteiger partial charge is 0.465 e. The van der Waals surface area contributed by atoms with E-state index in [1.807, 2.05) is 36.4 Å². The molecule has 0 atom stereocenters. The number of ether oxygens (including phenoxy) is 2. The molecule has 0 aliphatic heterocycles. The van der Waals surface area contributed by atoms with Crippen molar-refractivity contribution in [3.63, 3.8) is 0 Å². The van der Waals surface area contributed by atoms with Gasteiger partial charge in [-0.25, -0.2) is 0 Å². The molecule has 0 spiro atoms. The molecule has 46 heavy (non-hydrogen) atoms. The predicted molar refractivity (Wildman–Crippen MR) is 169 cm³/mol. The van der Waals surface area contributed by atoms with Crippen molar-refractivity contribution in [3.8, 4) is 22.3 Å². The van der Waals surface area contributed by atoms with Crippen LogP contribution in [0.4, 0.5) is 0 Å². The molecule has 0 bridgehead atoms. The number of benzene rings is 4. The van der Waals surface area contributed by atoms with Crippen LogP contribution >= 0.6 is 0 Å². The monoisotopic (exact) mass is 614 g/mol. The van der Waals surface area contributed by atoms with E-state index in [0.717, 1.165) is 11.1 Å². The summed E-state index contributed by atoms with van der Waals surface area (Å²) in [6, 6.07) is 24.5. The Hall–Kier alpha value is -5.50. The van der Waals surface area contributed by atoms with E-state index in [-0.39, 0.29) is 32.0 Å². The number of rotatable bonds is 10. The third kappa shape index (κ3) is 6.06. The highest BCUT2D eigenvalue weighted by Gasteiger charge is 2.31. The molecule has 2 aliphatic carbocycles. The Morgan fingerprint density at radius 3 is 1.24 bits per heavy atom. The second-order valence-electron chi connectivity index (χ2n) is 11.6. The first-order valence-electron chi connectivity index (χ1n) is 15.1. The molecule has 0 saturated carbocycles. The number of ketones is 4. The number of hydrogen-bond acceptors (Lipinski definition) is 8. The van der Waals surface area contributed by atoms with Crippen LogP contribution in [0.3, 0.4) is 0 Å². The van der Waals surface area contributed by atoms with Crippen LogP contribution in [0.1, 0.15) is 72.3 Å². The number of carbonyl (C=O) groups excluding carboxylic acids is 6. The number of hydrogen-bond donors (Lipinski definition) is 0. The van der Waals surface area contributed by atoms with E-state index in [9.17, 15) is 28.8 Å². The summed E-state index contributed by atoms with van der Waals surface area (Å²) in [7, 11) is 0. The second kappa shape index (κ2) is 12.9. The Labute approximate surface area is 265 Å². The summed E-state index contributed by atoms with van der Waals surface area (Å²) in [5.74, 6) is -3.21. The fraction of sp³-hybridized carbons (Fsp3) is 0.211. The first-order chi connectivity index (χ1) is 22.2. The second-order valence-corrected chi connectivity index (χ2v) is 11.6. The average molecular weight is 615 g/mol. The molecule has 4 aromatic carbocycles. The Morgan fingerprint density at radius 2 is 0.848 bits per heavy atom. The van der Waals surface area contributed by atoms with Crippen LogP contribution in [0.15, 0.2) is 84.9 Å². The van der Waals surface area contributed by atoms with Crippen LogP contribution in [-0.2, 0) is 31.9 Å². The van der Waals surface area contributed by atoms with Crippen molar-refractivity contribution in [3.05, 3.63) is 118 Å². The van der Waals surface area contributed by atoms with Gasteiger partial charge in [-0.15, -0.1) is 0 Å². The lowest BCUT2D eigenvalue weighted by molar-refractivity contribution is -0.147. The van der Waals surface area contributed by atoms with E-state index in [4.69, 9.17) is 9.47 Å². The van der Waals surface area contributed by atoms with E-state index < -0.39 is 35.1 Å². The van der Waals surface area contributed by atoms with E-state index in [2.05, 4.69) is 0 Å². The maximum Gasteiger partial charge on any atom is 0.306 e. The van der Waals surface area contributed by atoms with Gasteiger partial charge in [-0.3, -0.25) is 28.8 Å². The molecule has 0 fully saturated rings. The summed E-state index contributed by atoms with van der Waals surface area (Å²) in [6.45, 7) is 2.05. The van der Waals surface area contributed by atoms with Crippen LogP contribution in [0, 0.1) is 5.92 Å². The van der Waals surface area contributed by atoms with Crippen molar-refractivity contribution in [1.29, 1.82) is 0 Å². The number of Topliss-reactive ketones (excluding diaryl/α,β-unsaturated/α-hetero) is 4. The minimum atomic E-state index is -0.527. The Morgan fingerprint density at radius 1 is 0.500 bits per heavy atom. The lowest BCUT2D eigenvalue weighted by Crippen LogP contribution is -2.21. The normalized spacial score (nSPS) is 13.1. The molecule has 0 aromatic heterocycles. The summed E-state index contributed by atoms with van der Waals surface area (Å²) in [5.41, 5.74) is 6.05. The van der Waals surface area contributed by atoms with Gasteiger partial charge in [0.15, 0.2) is 0 Å². The molecule has 4 aromatic rings. The topological polar surface area (TPSA) is 121 Å². The SMILES string of the molecule is CC(CC(=O)OCCc1ccc2c(c1)-c1ccccc1C(=O)C2=O)CC(=O)OCCc1ccc2c(c1)-c1ccccc1C(=O)C2=O. The van der Waals surface area contributed by atoms with Crippen LogP contribution < -0.4 is 0 Å². The number of fused-ring (bicyclic) bond motifs is 6. The molecule has 0 saturated heterocycles. The van der Waals surface area contributed by atoms with Gasteiger partial charge in [-0.2, -0.15) is 0 Å². The van der Waals surface area contributed by atoms with Crippen molar-refractivity contribution in [2.75, 3.05) is 13.2 Å². The molecule has 8 nitrogen and oxygen atoms in total. The lowest BCUT2D eigenvalue weighted by Gasteiger charge is -2.18. The predicted octanol–water partition coefficient (Wildman–Crippen LogP) is 6.07. The summed E-state index contributed by atoms with van der Waals surface area (Å²) in [6.07, 6.45) is 0.970. The van der Waals surface area contributed by atoms with Gasteiger partial charge in [-0.05, 0) is 39.3 Å². The molecule has 0 heterocycles. The van der Waals surface area contributed by atoms with Gasteiger partial charge >= 0.3 is 11.9 Å². The van der Waals surface area contributed by atoms with Gasteiger partial charge in [0.2, 0.25) is 23.1 Å². The van der Waals surface area contributed by atoms with Crippen molar-refractivity contribution in [1.82, 2.24) is 0 Å². The van der Waals surface area contributed by atoms with Crippen LogP contribution in [0.2, 0.25) is 0 Å². The minimum Gasteiger partial charge on any atom is -0.465 e. The zero-order valence-electron chi connectivity index (χ0n) is 25.2. The fourth-order valence-corrected chi connectivity index (χ4v) is 5.98. The Bertz CT molecular complexity index is 1800. The Balaban J connectivity index is 0.952. The van der Waals surface area contributed by atoms with E-state index in [1.54, 1.807) is 55.5 Å². The van der Waals surface area contributed by atoms with E-state index in [1.165, 1.54) is 0 Å². The van der Waals surface area contributed by atoms with Gasteiger partial charge in [0.25, 0.3) is 0 Å².